The summed E-state index contributed by atoms with van der Waals surface area (Å²) in [6.07, 6.45) is 0.648. The predicted molar refractivity (Wildman–Crippen MR) is 102 cm³/mol. The van der Waals surface area contributed by atoms with Gasteiger partial charge < -0.3 is 5.32 Å². The number of hydrogen-bond acceptors (Lipinski definition) is 3. The van der Waals surface area contributed by atoms with Crippen molar-refractivity contribution < 1.29 is 17.6 Å². The Labute approximate surface area is 158 Å². The summed E-state index contributed by atoms with van der Waals surface area (Å²) in [6, 6.07) is 13.0. The van der Waals surface area contributed by atoms with E-state index in [1.165, 1.54) is 32.9 Å². The first-order chi connectivity index (χ1) is 12.8. The first-order valence-electron chi connectivity index (χ1n) is 8.71. The molecule has 2 aromatic carbocycles. The van der Waals surface area contributed by atoms with Crippen LogP contribution in [0.2, 0.25) is 0 Å². The molecule has 1 amide bonds. The average Bonchev–Trinajstić information content (AvgIpc) is 2.62. The molecule has 1 saturated heterocycles. The van der Waals surface area contributed by atoms with Gasteiger partial charge in [0.2, 0.25) is 5.91 Å². The molecule has 0 bridgehead atoms. The van der Waals surface area contributed by atoms with Crippen LogP contribution < -0.4 is 5.32 Å². The average molecular weight is 391 g/mol. The summed E-state index contributed by atoms with van der Waals surface area (Å²) in [4.78, 5) is 12.2. The van der Waals surface area contributed by atoms with Gasteiger partial charge in [-0.15, -0.1) is 0 Å². The number of halogens is 1. The number of nitrogens with one attached hydrogen (secondary N) is 1. The molecule has 0 spiro atoms. The van der Waals surface area contributed by atoms with Gasteiger partial charge in [-0.3, -0.25) is 4.79 Å². The minimum absolute atomic E-state index is 0.274. The van der Waals surface area contributed by atoms with Gasteiger partial charge in [0, 0.05) is 25.3 Å². The topological polar surface area (TPSA) is 69.7 Å². The first-order valence-corrected chi connectivity index (χ1v) is 10.1. The highest BCUT2D eigenvalue weighted by Crippen LogP contribution is 2.20. The third kappa shape index (κ3) is 4.91. The Bertz CT molecular complexity index is 899. The maximum absolute atomic E-state index is 12.9. The SMILES string of the molecule is Cc1ccc(CN2CCCN(CC(=O)Nc3ccc(F)cc3)S2(=O)=O)cc1. The number of amides is 1. The molecular weight excluding hydrogens is 369 g/mol. The van der Waals surface area contributed by atoms with Crippen molar-refractivity contribution >= 4 is 21.8 Å². The van der Waals surface area contributed by atoms with Crippen LogP contribution in [0.4, 0.5) is 10.1 Å². The fourth-order valence-electron chi connectivity index (χ4n) is 2.93. The van der Waals surface area contributed by atoms with Crippen molar-refractivity contribution in [1.82, 2.24) is 8.61 Å². The zero-order valence-electron chi connectivity index (χ0n) is 15.1. The van der Waals surface area contributed by atoms with Crippen LogP contribution in [0.1, 0.15) is 17.5 Å². The lowest BCUT2D eigenvalue weighted by Crippen LogP contribution is -2.51. The molecule has 0 radical (unpaired) electrons. The lowest BCUT2D eigenvalue weighted by Gasteiger charge is -2.34. The molecule has 8 heteroatoms. The minimum atomic E-state index is -3.72. The molecule has 0 saturated carbocycles. The van der Waals surface area contributed by atoms with Gasteiger partial charge in [-0.2, -0.15) is 17.0 Å². The van der Waals surface area contributed by atoms with Crippen molar-refractivity contribution in [3.05, 3.63) is 65.5 Å². The summed E-state index contributed by atoms with van der Waals surface area (Å²) in [6.45, 7) is 2.70. The van der Waals surface area contributed by atoms with E-state index in [-0.39, 0.29) is 13.1 Å². The molecule has 1 N–H and O–H groups in total. The van der Waals surface area contributed by atoms with Gasteiger partial charge in [0.05, 0.1) is 6.54 Å². The second kappa shape index (κ2) is 8.16. The number of hydrogen-bond donors (Lipinski definition) is 1. The molecule has 1 fully saturated rings. The van der Waals surface area contributed by atoms with Gasteiger partial charge in [0.25, 0.3) is 10.2 Å². The molecule has 1 aliphatic rings. The summed E-state index contributed by atoms with van der Waals surface area (Å²) >= 11 is 0. The summed E-state index contributed by atoms with van der Waals surface area (Å²) < 4.78 is 41.2. The Balaban J connectivity index is 1.65. The van der Waals surface area contributed by atoms with Crippen LogP contribution >= 0.6 is 0 Å². The lowest BCUT2D eigenvalue weighted by molar-refractivity contribution is -0.116. The van der Waals surface area contributed by atoms with E-state index in [4.69, 9.17) is 0 Å². The normalized spacial score (nSPS) is 17.6. The van der Waals surface area contributed by atoms with E-state index in [2.05, 4.69) is 5.32 Å². The zero-order chi connectivity index (χ0) is 19.4. The Kier molecular flexibility index (Phi) is 5.88. The standard InChI is InChI=1S/C19H22FN3O3S/c1-15-3-5-16(6-4-15)13-22-11-2-12-23(27(22,25)26)14-19(24)21-18-9-7-17(20)8-10-18/h3-10H,2,11-14H2,1H3,(H,21,24). The molecule has 2 aromatic rings. The molecular formula is C19H22FN3O3S. The fourth-order valence-corrected chi connectivity index (χ4v) is 4.57. The van der Waals surface area contributed by atoms with Gasteiger partial charge in [-0.25, -0.2) is 4.39 Å². The van der Waals surface area contributed by atoms with Crippen molar-refractivity contribution in [2.75, 3.05) is 25.0 Å². The van der Waals surface area contributed by atoms with Crippen molar-refractivity contribution in [2.45, 2.75) is 19.9 Å². The largest absolute Gasteiger partial charge is 0.325 e. The lowest BCUT2D eigenvalue weighted by atomic mass is 10.1. The number of rotatable bonds is 5. The smallest absolute Gasteiger partial charge is 0.282 e. The van der Waals surface area contributed by atoms with Crippen LogP contribution in [0.5, 0.6) is 0 Å². The Morgan fingerprint density at radius 1 is 1.04 bits per heavy atom. The van der Waals surface area contributed by atoms with E-state index < -0.39 is 21.9 Å². The molecule has 1 heterocycles. The summed E-state index contributed by atoms with van der Waals surface area (Å²) in [7, 11) is -3.72. The molecule has 0 aromatic heterocycles. The van der Waals surface area contributed by atoms with Crippen molar-refractivity contribution in [1.29, 1.82) is 0 Å². The van der Waals surface area contributed by atoms with E-state index in [0.29, 0.717) is 25.2 Å². The molecule has 27 heavy (non-hydrogen) atoms. The Morgan fingerprint density at radius 3 is 2.33 bits per heavy atom. The monoisotopic (exact) mass is 391 g/mol. The molecule has 144 valence electrons. The predicted octanol–water partition coefficient (Wildman–Crippen LogP) is 2.53. The molecule has 0 atom stereocenters. The van der Waals surface area contributed by atoms with Crippen LogP contribution in [0.25, 0.3) is 0 Å². The third-order valence-corrected chi connectivity index (χ3v) is 6.32. The molecule has 6 nitrogen and oxygen atoms in total. The second-order valence-corrected chi connectivity index (χ2v) is 8.50. The Hall–Kier alpha value is -2.29. The van der Waals surface area contributed by atoms with Gasteiger partial charge in [-0.05, 0) is 43.2 Å². The summed E-state index contributed by atoms with van der Waals surface area (Å²) in [5, 5.41) is 2.59. The highest BCUT2D eigenvalue weighted by atomic mass is 32.2. The summed E-state index contributed by atoms with van der Waals surface area (Å²) in [5.74, 6) is -0.860. The van der Waals surface area contributed by atoms with Crippen LogP contribution in [-0.2, 0) is 21.5 Å². The van der Waals surface area contributed by atoms with Crippen molar-refractivity contribution in [2.24, 2.45) is 0 Å². The van der Waals surface area contributed by atoms with E-state index in [9.17, 15) is 17.6 Å². The second-order valence-electron chi connectivity index (χ2n) is 6.57. The van der Waals surface area contributed by atoms with Gasteiger partial charge >= 0.3 is 0 Å². The number of carbonyl (C=O) groups is 1. The van der Waals surface area contributed by atoms with Crippen LogP contribution in [-0.4, -0.2) is 42.6 Å². The fraction of sp³-hybridized carbons (Fsp3) is 0.316. The first kappa shape index (κ1) is 19.5. The van der Waals surface area contributed by atoms with E-state index in [1.807, 2.05) is 31.2 Å². The van der Waals surface area contributed by atoms with Crippen LogP contribution in [0.15, 0.2) is 48.5 Å². The molecule has 0 aliphatic carbocycles. The number of anilines is 1. The molecule has 1 aliphatic heterocycles. The van der Waals surface area contributed by atoms with E-state index >= 15 is 0 Å². The zero-order valence-corrected chi connectivity index (χ0v) is 15.9. The van der Waals surface area contributed by atoms with Crippen molar-refractivity contribution in [3.63, 3.8) is 0 Å². The minimum Gasteiger partial charge on any atom is -0.325 e. The maximum atomic E-state index is 12.9. The van der Waals surface area contributed by atoms with Gasteiger partial charge in [-0.1, -0.05) is 29.8 Å². The van der Waals surface area contributed by atoms with Gasteiger partial charge in [0.1, 0.15) is 5.82 Å². The maximum Gasteiger partial charge on any atom is 0.282 e. The quantitative estimate of drug-likeness (QED) is 0.852. The Morgan fingerprint density at radius 2 is 1.67 bits per heavy atom. The van der Waals surface area contributed by atoms with Crippen LogP contribution in [0.3, 0.4) is 0 Å². The third-order valence-electron chi connectivity index (χ3n) is 4.40. The number of benzene rings is 2. The highest BCUT2D eigenvalue weighted by Gasteiger charge is 2.34. The van der Waals surface area contributed by atoms with Gasteiger partial charge in [0.15, 0.2) is 0 Å². The summed E-state index contributed by atoms with van der Waals surface area (Å²) in [5.41, 5.74) is 2.44. The number of aryl methyl sites for hydroxylation is 1. The van der Waals surface area contributed by atoms with E-state index in [0.717, 1.165) is 11.1 Å². The highest BCUT2D eigenvalue weighted by molar-refractivity contribution is 7.86. The van der Waals surface area contributed by atoms with Crippen LogP contribution in [0, 0.1) is 12.7 Å². The van der Waals surface area contributed by atoms with E-state index in [1.54, 1.807) is 0 Å². The number of nitrogens with zero attached hydrogens (tertiary/aromatic N) is 2. The molecule has 3 rings (SSSR count). The van der Waals surface area contributed by atoms with Crippen molar-refractivity contribution in [3.8, 4) is 0 Å². The molecule has 0 unspecified atom stereocenters. The number of carbonyl (C=O) groups excluding carboxylic acids is 1.